The minimum Gasteiger partial charge on any atom is -0.338 e. The number of amides is 3. The van der Waals surface area contributed by atoms with E-state index in [4.69, 9.17) is 0 Å². The Balaban J connectivity index is 1.69. The molecule has 5 nitrogen and oxygen atoms in total. The molecule has 3 rings (SSSR count). The first-order chi connectivity index (χ1) is 12.8. The van der Waals surface area contributed by atoms with Crippen LogP contribution in [0, 0.1) is 5.92 Å². The Labute approximate surface area is 162 Å². The second-order valence-electron chi connectivity index (χ2n) is 8.29. The molecule has 1 aromatic rings. The second kappa shape index (κ2) is 7.75. The van der Waals surface area contributed by atoms with Gasteiger partial charge in [-0.2, -0.15) is 0 Å². The minimum absolute atomic E-state index is 0.0184. The van der Waals surface area contributed by atoms with Gasteiger partial charge in [-0.3, -0.25) is 4.79 Å². The molecule has 1 aliphatic carbocycles. The lowest BCUT2D eigenvalue weighted by Crippen LogP contribution is -2.51. The predicted octanol–water partition coefficient (Wildman–Crippen LogP) is 3.35. The van der Waals surface area contributed by atoms with Gasteiger partial charge in [-0.05, 0) is 61.8 Å². The third kappa shape index (κ3) is 3.87. The van der Waals surface area contributed by atoms with Crippen LogP contribution >= 0.6 is 0 Å². The Morgan fingerprint density at radius 1 is 1.19 bits per heavy atom. The van der Waals surface area contributed by atoms with Crippen LogP contribution in [0.5, 0.6) is 0 Å². The van der Waals surface area contributed by atoms with Crippen LogP contribution in [0.3, 0.4) is 0 Å². The van der Waals surface area contributed by atoms with E-state index in [0.717, 1.165) is 6.42 Å². The smallest absolute Gasteiger partial charge is 0.315 e. The summed E-state index contributed by atoms with van der Waals surface area (Å²) in [6.45, 7) is 11.1. The van der Waals surface area contributed by atoms with Crippen molar-refractivity contribution in [1.82, 2.24) is 15.5 Å². The fourth-order valence-electron chi connectivity index (χ4n) is 4.24. The van der Waals surface area contributed by atoms with Crippen LogP contribution < -0.4 is 10.6 Å². The highest BCUT2D eigenvalue weighted by Gasteiger charge is 2.35. The number of hydrogen-bond acceptors (Lipinski definition) is 2. The minimum atomic E-state index is -0.420. The fourth-order valence-corrected chi connectivity index (χ4v) is 4.24. The van der Waals surface area contributed by atoms with Crippen LogP contribution in [0.2, 0.25) is 0 Å². The summed E-state index contributed by atoms with van der Waals surface area (Å²) in [7, 11) is 0. The first-order valence-corrected chi connectivity index (χ1v) is 9.95. The van der Waals surface area contributed by atoms with Crippen molar-refractivity contribution in [3.05, 3.63) is 41.0 Å². The van der Waals surface area contributed by atoms with Gasteiger partial charge in [-0.25, -0.2) is 4.79 Å². The van der Waals surface area contributed by atoms with E-state index in [1.807, 2.05) is 18.7 Å². The second-order valence-corrected chi connectivity index (χ2v) is 8.29. The number of likely N-dealkylation sites (tertiary alicyclic amines) is 1. The topological polar surface area (TPSA) is 61.4 Å². The summed E-state index contributed by atoms with van der Waals surface area (Å²) in [5.41, 5.74) is 5.12. The van der Waals surface area contributed by atoms with Crippen molar-refractivity contribution in [2.75, 3.05) is 6.54 Å². The molecule has 1 heterocycles. The predicted molar refractivity (Wildman–Crippen MR) is 108 cm³/mol. The molecule has 0 spiro atoms. The van der Waals surface area contributed by atoms with Crippen molar-refractivity contribution in [3.63, 3.8) is 0 Å². The third-order valence-corrected chi connectivity index (χ3v) is 5.78. The zero-order valence-corrected chi connectivity index (χ0v) is 17.0. The standard InChI is InChI=1S/C22H31N3O2/c1-13(2)20(18-12-16-8-6-7-9-17(16)15(18)5)24-22(27)23-19-10-11-25(14(3)4)21(19)26/h6-9,13-14,19-20H,10-12H2,1-5H3,(H2,23,24,27). The van der Waals surface area contributed by atoms with E-state index in [0.29, 0.717) is 13.0 Å². The Morgan fingerprint density at radius 3 is 2.48 bits per heavy atom. The Hall–Kier alpha value is -2.30. The molecule has 0 radical (unpaired) electrons. The zero-order chi connectivity index (χ0) is 19.7. The number of carbonyl (C=O) groups excluding carboxylic acids is 2. The Morgan fingerprint density at radius 2 is 1.89 bits per heavy atom. The van der Waals surface area contributed by atoms with Crippen molar-refractivity contribution in [1.29, 1.82) is 0 Å². The molecule has 1 saturated heterocycles. The lowest BCUT2D eigenvalue weighted by Gasteiger charge is -2.26. The molecule has 0 saturated carbocycles. The van der Waals surface area contributed by atoms with Gasteiger partial charge >= 0.3 is 6.03 Å². The number of benzene rings is 1. The van der Waals surface area contributed by atoms with Gasteiger partial charge in [0.15, 0.2) is 0 Å². The Kier molecular flexibility index (Phi) is 5.59. The summed E-state index contributed by atoms with van der Waals surface area (Å²) in [5, 5.41) is 6.03. The number of urea groups is 1. The molecule has 0 aromatic heterocycles. The van der Waals surface area contributed by atoms with Crippen molar-refractivity contribution >= 4 is 17.5 Å². The normalized spacial score (nSPS) is 20.5. The largest absolute Gasteiger partial charge is 0.338 e. The van der Waals surface area contributed by atoms with Gasteiger partial charge in [-0.15, -0.1) is 0 Å². The molecule has 2 unspecified atom stereocenters. The van der Waals surface area contributed by atoms with Gasteiger partial charge in [0.1, 0.15) is 6.04 Å². The van der Waals surface area contributed by atoms with Crippen molar-refractivity contribution in [2.24, 2.45) is 5.92 Å². The highest BCUT2D eigenvalue weighted by atomic mass is 16.2. The monoisotopic (exact) mass is 369 g/mol. The van der Waals surface area contributed by atoms with E-state index >= 15 is 0 Å². The highest BCUT2D eigenvalue weighted by molar-refractivity contribution is 5.89. The summed E-state index contributed by atoms with van der Waals surface area (Å²) in [4.78, 5) is 26.9. The van der Waals surface area contributed by atoms with E-state index in [1.54, 1.807) is 0 Å². The van der Waals surface area contributed by atoms with Crippen LogP contribution in [0.15, 0.2) is 29.8 Å². The van der Waals surface area contributed by atoms with Crippen LogP contribution in [0.4, 0.5) is 4.79 Å². The molecular formula is C22H31N3O2. The summed E-state index contributed by atoms with van der Waals surface area (Å²) in [5.74, 6) is 0.284. The van der Waals surface area contributed by atoms with Gasteiger partial charge in [0.25, 0.3) is 0 Å². The van der Waals surface area contributed by atoms with Crippen molar-refractivity contribution < 1.29 is 9.59 Å². The molecule has 1 aromatic carbocycles. The quantitative estimate of drug-likeness (QED) is 0.836. The number of fused-ring (bicyclic) bond motifs is 1. The number of allylic oxidation sites excluding steroid dienone is 1. The van der Waals surface area contributed by atoms with Crippen molar-refractivity contribution in [3.8, 4) is 0 Å². The molecule has 5 heteroatoms. The maximum absolute atomic E-state index is 12.7. The Bertz CT molecular complexity index is 767. The lowest BCUT2D eigenvalue weighted by molar-refractivity contribution is -0.130. The molecular weight excluding hydrogens is 338 g/mol. The van der Waals surface area contributed by atoms with Crippen LogP contribution in [0.25, 0.3) is 5.57 Å². The maximum atomic E-state index is 12.7. The number of rotatable bonds is 5. The molecule has 2 atom stereocenters. The third-order valence-electron chi connectivity index (χ3n) is 5.78. The summed E-state index contributed by atoms with van der Waals surface area (Å²) in [6, 6.07) is 7.86. The van der Waals surface area contributed by atoms with E-state index in [2.05, 4.69) is 55.7 Å². The van der Waals surface area contributed by atoms with Gasteiger partial charge in [0.2, 0.25) is 5.91 Å². The SMILES string of the molecule is CC1=C(C(NC(=O)NC2CCN(C(C)C)C2=O)C(C)C)Cc2ccccc21. The molecule has 0 bridgehead atoms. The molecule has 2 N–H and O–H groups in total. The first-order valence-electron chi connectivity index (χ1n) is 9.95. The molecule has 1 aliphatic heterocycles. The van der Waals surface area contributed by atoms with Crippen LogP contribution in [0.1, 0.15) is 52.2 Å². The summed E-state index contributed by atoms with van der Waals surface area (Å²) >= 11 is 0. The number of hydrogen-bond donors (Lipinski definition) is 2. The van der Waals surface area contributed by atoms with E-state index in [1.165, 1.54) is 22.3 Å². The fraction of sp³-hybridized carbons (Fsp3) is 0.545. The van der Waals surface area contributed by atoms with E-state index < -0.39 is 6.04 Å². The average Bonchev–Trinajstić information content (AvgIpc) is 3.14. The van der Waals surface area contributed by atoms with Gasteiger partial charge in [-0.1, -0.05) is 38.1 Å². The van der Waals surface area contributed by atoms with Crippen LogP contribution in [-0.2, 0) is 11.2 Å². The number of nitrogens with one attached hydrogen (secondary N) is 2. The maximum Gasteiger partial charge on any atom is 0.315 e. The van der Waals surface area contributed by atoms with Crippen molar-refractivity contribution in [2.45, 2.75) is 65.6 Å². The molecule has 27 heavy (non-hydrogen) atoms. The van der Waals surface area contributed by atoms with Crippen LogP contribution in [-0.4, -0.2) is 41.5 Å². The number of nitrogens with zero attached hydrogens (tertiary/aromatic N) is 1. The number of carbonyl (C=O) groups is 2. The first kappa shape index (κ1) is 19.5. The molecule has 1 fully saturated rings. The molecule has 3 amide bonds. The zero-order valence-electron chi connectivity index (χ0n) is 17.0. The summed E-state index contributed by atoms with van der Waals surface area (Å²) < 4.78 is 0. The van der Waals surface area contributed by atoms with E-state index in [9.17, 15) is 9.59 Å². The molecule has 146 valence electrons. The van der Waals surface area contributed by atoms with Gasteiger partial charge in [0.05, 0.1) is 6.04 Å². The van der Waals surface area contributed by atoms with Gasteiger partial charge < -0.3 is 15.5 Å². The van der Waals surface area contributed by atoms with E-state index in [-0.39, 0.29) is 29.9 Å². The molecule has 2 aliphatic rings. The average molecular weight is 370 g/mol. The highest BCUT2D eigenvalue weighted by Crippen LogP contribution is 2.35. The summed E-state index contributed by atoms with van der Waals surface area (Å²) in [6.07, 6.45) is 1.54. The van der Waals surface area contributed by atoms with Gasteiger partial charge in [0, 0.05) is 12.6 Å². The lowest BCUT2D eigenvalue weighted by atomic mass is 9.92.